The number of methoxy groups -OCH3 is 1. The van der Waals surface area contributed by atoms with Crippen LogP contribution in [0.3, 0.4) is 0 Å². The van der Waals surface area contributed by atoms with Gasteiger partial charge < -0.3 is 14.8 Å². The van der Waals surface area contributed by atoms with Gasteiger partial charge in [0.05, 0.1) is 22.3 Å². The van der Waals surface area contributed by atoms with Gasteiger partial charge in [-0.15, -0.1) is 0 Å². The molecule has 0 spiro atoms. The third-order valence-corrected chi connectivity index (χ3v) is 6.14. The molecule has 0 aliphatic carbocycles. The number of rotatable bonds is 8. The number of hydrogen-bond donors (Lipinski definition) is 2. The molecule has 0 aliphatic rings. The van der Waals surface area contributed by atoms with Gasteiger partial charge in [0.2, 0.25) is 0 Å². The number of carbonyl (C=O) groups is 2. The Morgan fingerprint density at radius 1 is 1.03 bits per heavy atom. The van der Waals surface area contributed by atoms with Gasteiger partial charge >= 0.3 is 0 Å². The van der Waals surface area contributed by atoms with E-state index in [4.69, 9.17) is 9.47 Å². The minimum atomic E-state index is -0.358. The average molecular weight is 589 g/mol. The van der Waals surface area contributed by atoms with Crippen LogP contribution in [0.2, 0.25) is 0 Å². The Bertz CT molecular complexity index is 1220. The summed E-state index contributed by atoms with van der Waals surface area (Å²) in [7, 11) is 1.54. The average Bonchev–Trinajstić information content (AvgIpc) is 2.81. The Balaban J connectivity index is 1.60. The number of nitrogens with one attached hydrogen (secondary N) is 2. The van der Waals surface area contributed by atoms with Crippen LogP contribution in [0.4, 0.5) is 5.69 Å². The number of aryl methyl sites for hydroxylation is 1. The maximum absolute atomic E-state index is 12.4. The fraction of sp³-hybridized carbons (Fsp3) is 0.160. The van der Waals surface area contributed by atoms with Crippen LogP contribution in [-0.2, 0) is 4.79 Å². The molecule has 0 saturated heterocycles. The van der Waals surface area contributed by atoms with Gasteiger partial charge in [0.1, 0.15) is 11.5 Å². The van der Waals surface area contributed by atoms with E-state index < -0.39 is 0 Å². The predicted octanol–water partition coefficient (Wildman–Crippen LogP) is 5.62. The molecule has 0 atom stereocenters. The smallest absolute Gasteiger partial charge is 0.271 e. The third kappa shape index (κ3) is 6.68. The lowest BCUT2D eigenvalue weighted by atomic mass is 10.1. The van der Waals surface area contributed by atoms with E-state index >= 15 is 0 Å². The first-order chi connectivity index (χ1) is 16.3. The van der Waals surface area contributed by atoms with Gasteiger partial charge in [-0.25, -0.2) is 5.43 Å². The number of amides is 2. The Kier molecular flexibility index (Phi) is 8.84. The van der Waals surface area contributed by atoms with Crippen molar-refractivity contribution < 1.29 is 19.1 Å². The van der Waals surface area contributed by atoms with Gasteiger partial charge in [-0.2, -0.15) is 5.10 Å². The lowest BCUT2D eigenvalue weighted by Crippen LogP contribution is -2.21. The van der Waals surface area contributed by atoms with E-state index in [0.717, 1.165) is 16.8 Å². The molecule has 3 rings (SSSR count). The van der Waals surface area contributed by atoms with Crippen molar-refractivity contribution in [1.29, 1.82) is 0 Å². The van der Waals surface area contributed by atoms with Gasteiger partial charge in [0.25, 0.3) is 11.8 Å². The first-order valence-corrected chi connectivity index (χ1v) is 11.8. The number of hydrogen-bond acceptors (Lipinski definition) is 5. The Labute approximate surface area is 214 Å². The number of anilines is 1. The highest BCUT2D eigenvalue weighted by atomic mass is 79.9. The molecule has 0 heterocycles. The highest BCUT2D eigenvalue weighted by Crippen LogP contribution is 2.34. The lowest BCUT2D eigenvalue weighted by molar-refractivity contribution is -0.118. The minimum Gasteiger partial charge on any atom is -0.497 e. The Morgan fingerprint density at radius 2 is 1.74 bits per heavy atom. The zero-order valence-corrected chi connectivity index (χ0v) is 22.0. The molecular formula is C25H23Br2N3O4. The van der Waals surface area contributed by atoms with Crippen molar-refractivity contribution in [3.8, 4) is 11.5 Å². The van der Waals surface area contributed by atoms with Crippen molar-refractivity contribution in [2.75, 3.05) is 19.0 Å². The first kappa shape index (κ1) is 25.5. The maximum atomic E-state index is 12.4. The number of nitrogens with zero attached hydrogens (tertiary/aromatic N) is 1. The van der Waals surface area contributed by atoms with Crippen molar-refractivity contribution in [1.82, 2.24) is 5.43 Å². The van der Waals surface area contributed by atoms with Crippen molar-refractivity contribution >= 4 is 55.6 Å². The molecule has 2 amide bonds. The fourth-order valence-corrected chi connectivity index (χ4v) is 4.45. The minimum absolute atomic E-state index is 0.158. The molecule has 3 aromatic carbocycles. The van der Waals surface area contributed by atoms with Gasteiger partial charge in [-0.05, 0) is 98.8 Å². The van der Waals surface area contributed by atoms with E-state index in [-0.39, 0.29) is 18.4 Å². The largest absolute Gasteiger partial charge is 0.497 e. The van der Waals surface area contributed by atoms with Crippen LogP contribution in [0.5, 0.6) is 11.5 Å². The molecule has 0 bridgehead atoms. The van der Waals surface area contributed by atoms with E-state index in [1.165, 1.54) is 13.3 Å². The van der Waals surface area contributed by atoms with Gasteiger partial charge in [0, 0.05) is 11.3 Å². The highest BCUT2D eigenvalue weighted by molar-refractivity contribution is 9.11. The monoisotopic (exact) mass is 587 g/mol. The number of carbonyl (C=O) groups excluding carboxylic acids is 2. The van der Waals surface area contributed by atoms with Crippen LogP contribution < -0.4 is 20.2 Å². The molecule has 0 unspecified atom stereocenters. The topological polar surface area (TPSA) is 89.0 Å². The normalized spacial score (nSPS) is 10.7. The fourth-order valence-electron chi connectivity index (χ4n) is 3.00. The van der Waals surface area contributed by atoms with Gasteiger partial charge in [-0.3, -0.25) is 9.59 Å². The van der Waals surface area contributed by atoms with Crippen molar-refractivity contribution in [3.63, 3.8) is 0 Å². The molecule has 7 nitrogen and oxygen atoms in total. The Hall–Kier alpha value is -3.17. The van der Waals surface area contributed by atoms with Crippen LogP contribution in [0, 0.1) is 13.8 Å². The highest BCUT2D eigenvalue weighted by Gasteiger charge is 2.12. The molecule has 0 saturated carbocycles. The Morgan fingerprint density at radius 3 is 2.44 bits per heavy atom. The summed E-state index contributed by atoms with van der Waals surface area (Å²) in [6.45, 7) is 3.79. The second kappa shape index (κ2) is 11.8. The summed E-state index contributed by atoms with van der Waals surface area (Å²) in [5.41, 5.74) is 6.49. The van der Waals surface area contributed by atoms with Crippen molar-refractivity contribution in [3.05, 3.63) is 85.8 Å². The van der Waals surface area contributed by atoms with Crippen LogP contribution >= 0.6 is 31.9 Å². The molecule has 176 valence electrons. The predicted molar refractivity (Wildman–Crippen MR) is 140 cm³/mol. The van der Waals surface area contributed by atoms with Crippen molar-refractivity contribution in [2.45, 2.75) is 13.8 Å². The third-order valence-electron chi connectivity index (χ3n) is 4.96. The molecule has 0 fully saturated rings. The van der Waals surface area contributed by atoms with Crippen LogP contribution in [0.15, 0.2) is 68.6 Å². The number of ether oxygens (including phenoxy) is 2. The van der Waals surface area contributed by atoms with Crippen molar-refractivity contribution in [2.24, 2.45) is 5.10 Å². The van der Waals surface area contributed by atoms with Crippen LogP contribution in [0.1, 0.15) is 27.0 Å². The van der Waals surface area contributed by atoms with E-state index in [9.17, 15) is 9.59 Å². The number of halogens is 2. The summed E-state index contributed by atoms with van der Waals surface area (Å²) < 4.78 is 12.1. The number of hydrazone groups is 1. The molecule has 3 aromatic rings. The van der Waals surface area contributed by atoms with Gasteiger partial charge in [-0.1, -0.05) is 18.2 Å². The summed E-state index contributed by atoms with van der Waals surface area (Å²) in [5, 5.41) is 6.88. The maximum Gasteiger partial charge on any atom is 0.271 e. The molecule has 2 N–H and O–H groups in total. The second-order valence-electron chi connectivity index (χ2n) is 7.33. The summed E-state index contributed by atoms with van der Waals surface area (Å²) in [5.74, 6) is 0.443. The quantitative estimate of drug-likeness (QED) is 0.264. The molecule has 0 radical (unpaired) electrons. The molecule has 0 aromatic heterocycles. The standard InChI is InChI=1S/C25H23Br2N3O4/c1-15-6-4-9-22(16(15)2)29-23(31)14-34-24-20(26)10-17(11-21(24)27)13-28-30-25(32)18-7-5-8-19(12-18)33-3/h4-13H,14H2,1-3H3,(H,29,31)(H,30,32)/b28-13+. The zero-order chi connectivity index (χ0) is 24.7. The van der Waals surface area contributed by atoms with E-state index in [2.05, 4.69) is 47.7 Å². The molecule has 9 heteroatoms. The van der Waals surface area contributed by atoms with Gasteiger partial charge in [0.15, 0.2) is 6.61 Å². The molecule has 34 heavy (non-hydrogen) atoms. The van der Waals surface area contributed by atoms with E-state index in [1.807, 2.05) is 32.0 Å². The molecular weight excluding hydrogens is 566 g/mol. The number of benzene rings is 3. The van der Waals surface area contributed by atoms with Crippen LogP contribution in [0.25, 0.3) is 0 Å². The lowest BCUT2D eigenvalue weighted by Gasteiger charge is -2.13. The summed E-state index contributed by atoms with van der Waals surface area (Å²) >= 11 is 6.92. The summed E-state index contributed by atoms with van der Waals surface area (Å²) in [6.07, 6.45) is 1.50. The summed E-state index contributed by atoms with van der Waals surface area (Å²) in [6, 6.07) is 16.1. The van der Waals surface area contributed by atoms with Crippen LogP contribution in [-0.4, -0.2) is 31.7 Å². The SMILES string of the molecule is COc1cccc(C(=O)N/N=C/c2cc(Br)c(OCC(=O)Nc3cccc(C)c3C)c(Br)c2)c1. The van der Waals surface area contributed by atoms with E-state index in [1.54, 1.807) is 36.4 Å². The summed E-state index contributed by atoms with van der Waals surface area (Å²) in [4.78, 5) is 24.6. The molecule has 0 aliphatic heterocycles. The zero-order valence-electron chi connectivity index (χ0n) is 18.8. The first-order valence-electron chi connectivity index (χ1n) is 10.2. The second-order valence-corrected chi connectivity index (χ2v) is 9.04. The van der Waals surface area contributed by atoms with E-state index in [0.29, 0.717) is 31.6 Å².